The van der Waals surface area contributed by atoms with Crippen LogP contribution in [0.5, 0.6) is 0 Å². The van der Waals surface area contributed by atoms with Crippen LogP contribution in [0.3, 0.4) is 0 Å². The van der Waals surface area contributed by atoms with Crippen LogP contribution in [0.1, 0.15) is 12.5 Å². The highest BCUT2D eigenvalue weighted by atomic mass is 32.5. The number of H-pyrrole nitrogens is 1. The number of phosphoric ester groups is 1. The minimum atomic E-state index is -5.47. The molecule has 1 aromatic carbocycles. The van der Waals surface area contributed by atoms with Crippen molar-refractivity contribution in [1.82, 2.24) is 29.1 Å². The normalized spacial score (nSPS) is 35.8. The number of rotatable bonds is 3. The van der Waals surface area contributed by atoms with Crippen LogP contribution in [-0.4, -0.2) is 79.0 Å². The molecule has 3 N–H and O–H groups in total. The van der Waals surface area contributed by atoms with Gasteiger partial charge in [-0.25, -0.2) is 28.5 Å². The first-order chi connectivity index (χ1) is 22.8. The Morgan fingerprint density at radius 2 is 1.67 bits per heavy atom. The molecule has 3 aliphatic heterocycles. The third-order valence-electron chi connectivity index (χ3n) is 7.81. The second kappa shape index (κ2) is 12.5. The number of imidazole rings is 1. The van der Waals surface area contributed by atoms with E-state index in [4.69, 9.17) is 45.1 Å². The van der Waals surface area contributed by atoms with Gasteiger partial charge in [0, 0.05) is 6.20 Å². The van der Waals surface area contributed by atoms with Crippen LogP contribution >= 0.6 is 14.5 Å². The van der Waals surface area contributed by atoms with Gasteiger partial charge in [0.1, 0.15) is 43.0 Å². The molecule has 6 heterocycles. The number of nitrogens with zero attached hydrogens (tertiary/aromatic N) is 5. The maximum atomic E-state index is 16.1. The lowest BCUT2D eigenvalue weighted by Crippen LogP contribution is -2.38. The molecule has 3 unspecified atom stereocenters. The first-order valence-corrected chi connectivity index (χ1v) is 18.0. The molecule has 2 bridgehead atoms. The van der Waals surface area contributed by atoms with E-state index in [1.54, 1.807) is 30.3 Å². The summed E-state index contributed by atoms with van der Waals surface area (Å²) in [6, 6.07) is 8.12. The Morgan fingerprint density at radius 3 is 2.44 bits per heavy atom. The van der Waals surface area contributed by atoms with Crippen molar-refractivity contribution in [2.24, 2.45) is 0 Å². The maximum absolute atomic E-state index is 16.1. The molecule has 48 heavy (non-hydrogen) atoms. The third kappa shape index (κ3) is 6.16. The zero-order valence-electron chi connectivity index (χ0n) is 24.0. The molecular weight excluding hydrogens is 706 g/mol. The second-order valence-corrected chi connectivity index (χ2v) is 14.9. The number of nitrogen functional groups attached to an aromatic ring is 1. The van der Waals surface area contributed by atoms with Gasteiger partial charge in [-0.3, -0.25) is 23.5 Å². The number of anilines is 1. The van der Waals surface area contributed by atoms with Crippen LogP contribution in [0.4, 0.5) is 14.6 Å². The Balaban J connectivity index is 1.20. The largest absolute Gasteiger partial charge is 0.780 e. The summed E-state index contributed by atoms with van der Waals surface area (Å²) < 4.78 is 78.8. The highest BCUT2D eigenvalue weighted by Crippen LogP contribution is 2.51. The van der Waals surface area contributed by atoms with Crippen molar-refractivity contribution in [3.63, 3.8) is 0 Å². The number of aromatic nitrogens is 6. The predicted octanol–water partition coefficient (Wildman–Crippen LogP) is -0.0329. The predicted molar refractivity (Wildman–Crippen MR) is 158 cm³/mol. The summed E-state index contributed by atoms with van der Waals surface area (Å²) in [5.74, 6) is -0.0222. The number of hydrogen-bond donors (Lipinski definition) is 2. The number of nitrogens with two attached hydrogens (primary N) is 1. The number of fused-ring (bicyclic) bond motifs is 4. The topological polar surface area (TPSA) is 243 Å². The van der Waals surface area contributed by atoms with Gasteiger partial charge in [-0.05, 0) is 5.56 Å². The van der Waals surface area contributed by atoms with Gasteiger partial charge >= 0.3 is 5.69 Å². The summed E-state index contributed by atoms with van der Waals surface area (Å²) in [7, 11) is -5.47. The van der Waals surface area contributed by atoms with Crippen molar-refractivity contribution < 1.29 is 50.7 Å². The van der Waals surface area contributed by atoms with Crippen molar-refractivity contribution in [1.29, 1.82) is 0 Å². The average molecular weight is 730 g/mol. The van der Waals surface area contributed by atoms with Gasteiger partial charge < -0.3 is 43.1 Å². The van der Waals surface area contributed by atoms with E-state index in [0.29, 0.717) is 10.1 Å². The fourth-order valence-electron chi connectivity index (χ4n) is 5.59. The molecule has 256 valence electrons. The number of nitrogens with one attached hydrogen (secondary N) is 1. The summed E-state index contributed by atoms with van der Waals surface area (Å²) in [5.41, 5.74) is 4.49. The SMILES string of the molecule is Nc1ncnc2c1ncn2[C@@H]1O[C@@H]2COP([O-])(=S)O[C@H]3C(F)[C@H](n4cc(-c5ccccc5)c(=O)[nH]c4=O)O[C@@H]3COP(=O)([O-])O[C@@H]1[C@@H]2F. The fraction of sp³-hybridized carbons (Fsp3) is 0.400. The van der Waals surface area contributed by atoms with Crippen LogP contribution in [-0.2, 0) is 43.9 Å². The van der Waals surface area contributed by atoms with Crippen LogP contribution in [0, 0.1) is 0 Å². The fourth-order valence-corrected chi connectivity index (χ4v) is 7.92. The molecule has 3 saturated heterocycles. The monoisotopic (exact) mass is 729 g/mol. The van der Waals surface area contributed by atoms with Gasteiger partial charge in [-0.1, -0.05) is 42.1 Å². The summed E-state index contributed by atoms with van der Waals surface area (Å²) in [6.45, 7) is -6.59. The summed E-state index contributed by atoms with van der Waals surface area (Å²) >= 11 is 4.96. The van der Waals surface area contributed by atoms with Crippen molar-refractivity contribution in [3.05, 3.63) is 70.0 Å². The van der Waals surface area contributed by atoms with Gasteiger partial charge in [-0.2, -0.15) is 0 Å². The van der Waals surface area contributed by atoms with Gasteiger partial charge in [0.15, 0.2) is 36.3 Å². The second-order valence-electron chi connectivity index (χ2n) is 10.8. The maximum Gasteiger partial charge on any atom is 0.330 e. The quantitative estimate of drug-likeness (QED) is 0.263. The molecule has 0 saturated carbocycles. The van der Waals surface area contributed by atoms with Gasteiger partial charge in [0.05, 0.1) is 25.1 Å². The van der Waals surface area contributed by atoms with E-state index in [9.17, 15) is 23.9 Å². The van der Waals surface area contributed by atoms with Crippen LogP contribution in [0.15, 0.2) is 58.8 Å². The Labute approximate surface area is 272 Å². The summed E-state index contributed by atoms with van der Waals surface area (Å²) in [6.07, 6.45) is -11.9. The lowest BCUT2D eigenvalue weighted by molar-refractivity contribution is -0.237. The number of ether oxygens (including phenoxy) is 2. The van der Waals surface area contributed by atoms with Crippen molar-refractivity contribution >= 4 is 43.3 Å². The number of hydrogen-bond acceptors (Lipinski definition) is 16. The zero-order valence-corrected chi connectivity index (χ0v) is 26.6. The highest BCUT2D eigenvalue weighted by molar-refractivity contribution is 8.06. The standard InChI is InChI=1S/C25H25F2N7O11P2S/c26-15-13-7-41-47(39,48)45-18-14(43-23(16(18)27)33-6-12(22(35)32-25(33)36)11-4-2-1-3-5-11)8-40-46(37,38)44-19(15)24(42-13)34-10-31-17-20(28)29-9-30-21(17)34/h1-6,9-10,13-16,18-19,23-24H,7-8H2,(H,37,38)(H,39,48)(H2,28,29,30)(H,32,35,36)/p-2/t13-,14-,15-,16?,18-,19-,23-,24-,47?/m1/s1. The minimum Gasteiger partial charge on any atom is -0.780 e. The molecule has 18 nitrogen and oxygen atoms in total. The number of alkyl halides is 2. The highest BCUT2D eigenvalue weighted by Gasteiger charge is 2.52. The molecule has 7 rings (SSSR count). The molecule has 0 aliphatic carbocycles. The molecular formula is C25H23F2N7O11P2S-2. The van der Waals surface area contributed by atoms with E-state index >= 15 is 8.78 Å². The van der Waals surface area contributed by atoms with Crippen LogP contribution < -0.4 is 26.8 Å². The smallest absolute Gasteiger partial charge is 0.330 e. The van der Waals surface area contributed by atoms with Crippen molar-refractivity contribution in [2.45, 2.75) is 49.2 Å². The Hall–Kier alpha value is -3.33. The van der Waals surface area contributed by atoms with E-state index in [2.05, 4.69) is 19.9 Å². The number of aromatic amines is 1. The summed E-state index contributed by atoms with van der Waals surface area (Å²) in [4.78, 5) is 65.8. The van der Waals surface area contributed by atoms with Gasteiger partial charge in [0.25, 0.3) is 13.4 Å². The minimum absolute atomic E-state index is 0.0222. The number of benzene rings is 1. The molecule has 3 aliphatic rings. The number of phosphoric acid groups is 1. The van der Waals surface area contributed by atoms with Gasteiger partial charge in [-0.15, -0.1) is 0 Å². The van der Waals surface area contributed by atoms with Crippen LogP contribution in [0.25, 0.3) is 22.3 Å². The molecule has 0 radical (unpaired) electrons. The Kier molecular flexibility index (Phi) is 8.66. The van der Waals surface area contributed by atoms with Gasteiger partial charge in [0.2, 0.25) is 0 Å². The van der Waals surface area contributed by atoms with E-state index in [1.807, 2.05) is 0 Å². The zero-order chi connectivity index (χ0) is 34.0. The third-order valence-corrected chi connectivity index (χ3v) is 10.3. The van der Waals surface area contributed by atoms with E-state index < -0.39 is 88.2 Å². The molecule has 0 amide bonds. The Morgan fingerprint density at radius 1 is 0.938 bits per heavy atom. The van der Waals surface area contributed by atoms with E-state index in [1.165, 1.54) is 0 Å². The summed E-state index contributed by atoms with van der Waals surface area (Å²) in [5, 5.41) is 0. The first kappa shape index (κ1) is 33.2. The van der Waals surface area contributed by atoms with Crippen molar-refractivity contribution in [2.75, 3.05) is 18.9 Å². The molecule has 3 aromatic heterocycles. The van der Waals surface area contributed by atoms with E-state index in [0.717, 1.165) is 23.4 Å². The number of halogens is 2. The Bertz CT molecular complexity index is 2070. The molecule has 4 aromatic rings. The first-order valence-electron chi connectivity index (χ1n) is 14.0. The molecule has 0 spiro atoms. The van der Waals surface area contributed by atoms with Crippen molar-refractivity contribution in [3.8, 4) is 11.1 Å². The van der Waals surface area contributed by atoms with E-state index in [-0.39, 0.29) is 22.5 Å². The van der Waals surface area contributed by atoms with Crippen LogP contribution in [0.2, 0.25) is 0 Å². The molecule has 10 atom stereocenters. The molecule has 3 fully saturated rings. The lowest BCUT2D eigenvalue weighted by Gasteiger charge is -2.34. The average Bonchev–Trinajstić information content (AvgIpc) is 3.70. The molecule has 23 heteroatoms. The lowest BCUT2D eigenvalue weighted by atomic mass is 10.1.